The molecule has 0 bridgehead atoms. The first kappa shape index (κ1) is 20.6. The van der Waals surface area contributed by atoms with E-state index in [1.807, 2.05) is 13.0 Å². The number of benzene rings is 2. The van der Waals surface area contributed by atoms with Crippen molar-refractivity contribution in [2.24, 2.45) is 0 Å². The van der Waals surface area contributed by atoms with Gasteiger partial charge in [-0.25, -0.2) is 0 Å². The third-order valence-electron chi connectivity index (χ3n) is 5.75. The summed E-state index contributed by atoms with van der Waals surface area (Å²) in [6.45, 7) is 9.88. The van der Waals surface area contributed by atoms with Crippen LogP contribution in [-0.4, -0.2) is 54.5 Å². The average molecular weight is 380 g/mol. The molecule has 2 atom stereocenters. The lowest BCUT2D eigenvalue weighted by molar-refractivity contribution is -0.125. The molecule has 0 aromatic heterocycles. The number of rotatable bonds is 7. The van der Waals surface area contributed by atoms with E-state index in [4.69, 9.17) is 0 Å². The second-order valence-electron chi connectivity index (χ2n) is 7.88. The highest BCUT2D eigenvalue weighted by atomic mass is 16.2. The van der Waals surface area contributed by atoms with Crippen LogP contribution in [0, 0.1) is 0 Å². The number of nitrogens with one attached hydrogen (secondary N) is 1. The fourth-order valence-electron chi connectivity index (χ4n) is 3.84. The third-order valence-corrected chi connectivity index (χ3v) is 5.75. The van der Waals surface area contributed by atoms with E-state index >= 15 is 0 Å². The Hall–Kier alpha value is -2.17. The lowest BCUT2D eigenvalue weighted by atomic mass is 10.0. The normalized spacial score (nSPS) is 18.2. The molecule has 0 saturated carbocycles. The highest BCUT2D eigenvalue weighted by molar-refractivity contribution is 5.81. The van der Waals surface area contributed by atoms with Gasteiger partial charge in [-0.15, -0.1) is 0 Å². The Morgan fingerprint density at radius 1 is 0.929 bits per heavy atom. The first-order valence-corrected chi connectivity index (χ1v) is 10.5. The minimum Gasteiger partial charge on any atom is -0.354 e. The summed E-state index contributed by atoms with van der Waals surface area (Å²) in [6, 6.07) is 20.9. The van der Waals surface area contributed by atoms with Crippen LogP contribution in [0.4, 0.5) is 0 Å². The molecule has 4 nitrogen and oxygen atoms in total. The summed E-state index contributed by atoms with van der Waals surface area (Å²) in [6.07, 6.45) is 1.10. The fourth-order valence-corrected chi connectivity index (χ4v) is 3.84. The van der Waals surface area contributed by atoms with E-state index in [-0.39, 0.29) is 11.9 Å². The van der Waals surface area contributed by atoms with Gasteiger partial charge in [-0.05, 0) is 36.9 Å². The Morgan fingerprint density at radius 3 is 2.32 bits per heavy atom. The largest absolute Gasteiger partial charge is 0.354 e. The van der Waals surface area contributed by atoms with Crippen LogP contribution in [0.5, 0.6) is 0 Å². The second-order valence-corrected chi connectivity index (χ2v) is 7.88. The summed E-state index contributed by atoms with van der Waals surface area (Å²) in [5.74, 6) is 0.460. The molecule has 1 heterocycles. The molecule has 1 aliphatic rings. The highest BCUT2D eigenvalue weighted by Crippen LogP contribution is 2.14. The maximum Gasteiger partial charge on any atom is 0.237 e. The third kappa shape index (κ3) is 5.91. The average Bonchev–Trinajstić information content (AvgIpc) is 2.98. The summed E-state index contributed by atoms with van der Waals surface area (Å²) >= 11 is 0. The summed E-state index contributed by atoms with van der Waals surface area (Å²) < 4.78 is 0. The van der Waals surface area contributed by atoms with E-state index in [0.29, 0.717) is 12.5 Å². The topological polar surface area (TPSA) is 35.6 Å². The van der Waals surface area contributed by atoms with E-state index in [1.165, 1.54) is 11.1 Å². The Labute approximate surface area is 169 Å². The number of carbonyl (C=O) groups excluding carboxylic acids is 1. The molecule has 2 unspecified atom stereocenters. The highest BCUT2D eigenvalue weighted by Gasteiger charge is 2.24. The van der Waals surface area contributed by atoms with E-state index in [1.54, 1.807) is 0 Å². The Kier molecular flexibility index (Phi) is 7.63. The maximum absolute atomic E-state index is 12.7. The van der Waals surface area contributed by atoms with Crippen molar-refractivity contribution in [3.63, 3.8) is 0 Å². The molecule has 0 aliphatic carbocycles. The molecule has 1 aliphatic heterocycles. The van der Waals surface area contributed by atoms with E-state index < -0.39 is 0 Å². The maximum atomic E-state index is 12.7. The zero-order valence-corrected chi connectivity index (χ0v) is 17.2. The predicted octanol–water partition coefficient (Wildman–Crippen LogP) is 3.50. The van der Waals surface area contributed by atoms with Gasteiger partial charge in [0.05, 0.1) is 6.04 Å². The molecular weight excluding hydrogens is 346 g/mol. The second kappa shape index (κ2) is 10.4. The summed E-state index contributed by atoms with van der Waals surface area (Å²) in [7, 11) is 0. The Morgan fingerprint density at radius 2 is 1.61 bits per heavy atom. The number of hydrogen-bond donors (Lipinski definition) is 1. The fraction of sp³-hybridized carbons (Fsp3) is 0.458. The zero-order chi connectivity index (χ0) is 19.8. The van der Waals surface area contributed by atoms with Gasteiger partial charge in [-0.3, -0.25) is 14.6 Å². The number of amides is 1. The van der Waals surface area contributed by atoms with Crippen molar-refractivity contribution in [3.05, 3.63) is 71.8 Å². The van der Waals surface area contributed by atoms with Crippen LogP contribution < -0.4 is 5.32 Å². The zero-order valence-electron chi connectivity index (χ0n) is 17.2. The molecule has 28 heavy (non-hydrogen) atoms. The van der Waals surface area contributed by atoms with Crippen LogP contribution in [0.3, 0.4) is 0 Å². The van der Waals surface area contributed by atoms with Crippen LogP contribution >= 0.6 is 0 Å². The van der Waals surface area contributed by atoms with Crippen molar-refractivity contribution in [3.8, 4) is 0 Å². The molecule has 4 heteroatoms. The van der Waals surface area contributed by atoms with Crippen LogP contribution in [0.1, 0.15) is 37.3 Å². The number of carbonyl (C=O) groups is 1. The van der Waals surface area contributed by atoms with Gasteiger partial charge in [0, 0.05) is 32.7 Å². The van der Waals surface area contributed by atoms with Crippen LogP contribution in [-0.2, 0) is 11.3 Å². The van der Waals surface area contributed by atoms with Gasteiger partial charge in [0.15, 0.2) is 0 Å². The molecule has 0 radical (unpaired) electrons. The Bertz CT molecular complexity index is 719. The van der Waals surface area contributed by atoms with Crippen LogP contribution in [0.15, 0.2) is 60.7 Å². The van der Waals surface area contributed by atoms with Gasteiger partial charge >= 0.3 is 0 Å². The van der Waals surface area contributed by atoms with Crippen LogP contribution in [0.2, 0.25) is 0 Å². The minimum absolute atomic E-state index is 0.0837. The molecule has 1 N–H and O–H groups in total. The van der Waals surface area contributed by atoms with Gasteiger partial charge in [-0.1, -0.05) is 67.6 Å². The summed E-state index contributed by atoms with van der Waals surface area (Å²) in [4.78, 5) is 17.5. The smallest absolute Gasteiger partial charge is 0.237 e. The SMILES string of the molecule is CC(CNC(=O)C(C)N1CCCN(Cc2ccccc2)CC1)c1ccccc1. The lowest BCUT2D eigenvalue weighted by Crippen LogP contribution is -2.47. The van der Waals surface area contributed by atoms with Crippen molar-refractivity contribution in [2.45, 2.75) is 38.8 Å². The molecule has 1 amide bonds. The molecule has 1 fully saturated rings. The Balaban J connectivity index is 1.46. The standard InChI is InChI=1S/C24H33N3O/c1-20(23-12-7-4-8-13-23)18-25-24(28)21(2)27-15-9-14-26(16-17-27)19-22-10-5-3-6-11-22/h3-8,10-13,20-21H,9,14-19H2,1-2H3,(H,25,28). The van der Waals surface area contributed by atoms with E-state index in [2.05, 4.69) is 76.6 Å². The van der Waals surface area contributed by atoms with Crippen molar-refractivity contribution in [2.75, 3.05) is 32.7 Å². The van der Waals surface area contributed by atoms with Crippen LogP contribution in [0.25, 0.3) is 0 Å². The molecule has 3 rings (SSSR count). The number of nitrogens with zero attached hydrogens (tertiary/aromatic N) is 2. The molecule has 0 spiro atoms. The van der Waals surface area contributed by atoms with Crippen molar-refractivity contribution < 1.29 is 4.79 Å². The summed E-state index contributed by atoms with van der Waals surface area (Å²) in [5.41, 5.74) is 2.62. The van der Waals surface area contributed by atoms with E-state index in [9.17, 15) is 4.79 Å². The molecule has 1 saturated heterocycles. The monoisotopic (exact) mass is 379 g/mol. The van der Waals surface area contributed by atoms with Gasteiger partial charge in [0.25, 0.3) is 0 Å². The quantitative estimate of drug-likeness (QED) is 0.800. The van der Waals surface area contributed by atoms with Crippen molar-refractivity contribution in [1.82, 2.24) is 15.1 Å². The first-order chi connectivity index (χ1) is 13.6. The number of hydrogen-bond acceptors (Lipinski definition) is 3. The summed E-state index contributed by atoms with van der Waals surface area (Å²) in [5, 5.41) is 3.16. The van der Waals surface area contributed by atoms with Gasteiger partial charge in [0.1, 0.15) is 0 Å². The molecular formula is C24H33N3O. The lowest BCUT2D eigenvalue weighted by Gasteiger charge is -2.27. The van der Waals surface area contributed by atoms with E-state index in [0.717, 1.165) is 39.1 Å². The van der Waals surface area contributed by atoms with Crippen molar-refractivity contribution in [1.29, 1.82) is 0 Å². The molecule has 150 valence electrons. The van der Waals surface area contributed by atoms with Gasteiger partial charge in [-0.2, -0.15) is 0 Å². The minimum atomic E-state index is -0.0837. The molecule has 2 aromatic rings. The van der Waals surface area contributed by atoms with Gasteiger partial charge < -0.3 is 5.32 Å². The van der Waals surface area contributed by atoms with Gasteiger partial charge in [0.2, 0.25) is 5.91 Å². The molecule has 2 aromatic carbocycles. The van der Waals surface area contributed by atoms with Crippen molar-refractivity contribution >= 4 is 5.91 Å². The predicted molar refractivity (Wildman–Crippen MR) is 115 cm³/mol. The first-order valence-electron chi connectivity index (χ1n) is 10.5.